The maximum atomic E-state index is 12.5. The van der Waals surface area contributed by atoms with E-state index in [2.05, 4.69) is 5.10 Å². The van der Waals surface area contributed by atoms with Crippen molar-refractivity contribution >= 4 is 11.6 Å². The molecule has 1 heterocycles. The van der Waals surface area contributed by atoms with Gasteiger partial charge in [-0.3, -0.25) is 9.48 Å². The summed E-state index contributed by atoms with van der Waals surface area (Å²) in [6.07, 6.45) is -3.80. The highest BCUT2D eigenvalue weighted by Gasteiger charge is 2.63. The summed E-state index contributed by atoms with van der Waals surface area (Å²) < 4.78 is 61.8. The van der Waals surface area contributed by atoms with Crippen LogP contribution in [0.3, 0.4) is 0 Å². The Balaban J connectivity index is 2.79. The van der Waals surface area contributed by atoms with E-state index in [9.17, 15) is 26.7 Å². The van der Waals surface area contributed by atoms with Crippen LogP contribution in [-0.4, -0.2) is 27.8 Å². The summed E-state index contributed by atoms with van der Waals surface area (Å²) in [5.41, 5.74) is -0.222. The van der Waals surface area contributed by atoms with Gasteiger partial charge in [0, 0.05) is 12.7 Å². The van der Waals surface area contributed by atoms with Gasteiger partial charge in [0.25, 0.3) is 0 Å². The van der Waals surface area contributed by atoms with Crippen molar-refractivity contribution in [3.8, 4) is 0 Å². The number of hydrogen-bond acceptors (Lipinski definition) is 2. The summed E-state index contributed by atoms with van der Waals surface area (Å²) in [5, 5.41) is 5.06. The van der Waals surface area contributed by atoms with E-state index < -0.39 is 18.0 Å². The average Bonchev–Trinajstić information content (AvgIpc) is 2.63. The van der Waals surface area contributed by atoms with Gasteiger partial charge < -0.3 is 5.32 Å². The van der Waals surface area contributed by atoms with Gasteiger partial charge in [0.05, 0.1) is 11.9 Å². The van der Waals surface area contributed by atoms with Gasteiger partial charge in [0.2, 0.25) is 0 Å². The van der Waals surface area contributed by atoms with E-state index in [1.165, 1.54) is 10.00 Å². The summed E-state index contributed by atoms with van der Waals surface area (Å²) in [7, 11) is 0. The molecule has 9 heteroatoms. The highest BCUT2D eigenvalue weighted by Crippen LogP contribution is 2.36. The van der Waals surface area contributed by atoms with Crippen LogP contribution in [-0.2, 0) is 11.3 Å². The smallest absolute Gasteiger partial charge is 0.318 e. The molecule has 4 nitrogen and oxygen atoms in total. The third-order valence-corrected chi connectivity index (χ3v) is 1.86. The van der Waals surface area contributed by atoms with Crippen molar-refractivity contribution in [3.05, 3.63) is 12.4 Å². The van der Waals surface area contributed by atoms with Crippen molar-refractivity contribution in [2.45, 2.75) is 25.6 Å². The fourth-order valence-corrected chi connectivity index (χ4v) is 0.939. The molecule has 0 unspecified atom stereocenters. The molecule has 0 aliphatic carbocycles. The van der Waals surface area contributed by atoms with Crippen LogP contribution in [0.1, 0.15) is 6.92 Å². The van der Waals surface area contributed by atoms with Crippen molar-refractivity contribution in [3.63, 3.8) is 0 Å². The number of alkyl halides is 5. The standard InChI is InChI=1S/C8H8F5N3O/c1-2-16-4-5(3-14-16)15-6(17)7(9,10)8(11,12)13/h3-4H,2H2,1H3,(H,15,17). The van der Waals surface area contributed by atoms with E-state index in [-0.39, 0.29) is 5.69 Å². The molecule has 0 bridgehead atoms. The van der Waals surface area contributed by atoms with Crippen LogP contribution in [0.15, 0.2) is 12.4 Å². The molecule has 0 spiro atoms. The van der Waals surface area contributed by atoms with Crippen LogP contribution in [0.25, 0.3) is 0 Å². The molecule has 0 atom stereocenters. The minimum Gasteiger partial charge on any atom is -0.318 e. The van der Waals surface area contributed by atoms with Gasteiger partial charge in [-0.2, -0.15) is 27.1 Å². The van der Waals surface area contributed by atoms with Crippen molar-refractivity contribution in [1.82, 2.24) is 9.78 Å². The Hall–Kier alpha value is -1.67. The van der Waals surface area contributed by atoms with E-state index >= 15 is 0 Å². The second kappa shape index (κ2) is 4.30. The van der Waals surface area contributed by atoms with Gasteiger partial charge >= 0.3 is 18.0 Å². The third kappa shape index (κ3) is 2.71. The van der Waals surface area contributed by atoms with Crippen LogP contribution in [0.2, 0.25) is 0 Å². The van der Waals surface area contributed by atoms with Crippen LogP contribution >= 0.6 is 0 Å². The Morgan fingerprint density at radius 2 is 2.00 bits per heavy atom. The van der Waals surface area contributed by atoms with Crippen molar-refractivity contribution < 1.29 is 26.7 Å². The molecule has 0 fully saturated rings. The minimum absolute atomic E-state index is 0.222. The zero-order valence-corrected chi connectivity index (χ0v) is 8.55. The molecule has 0 aromatic carbocycles. The van der Waals surface area contributed by atoms with Crippen LogP contribution in [0.5, 0.6) is 0 Å². The van der Waals surface area contributed by atoms with E-state index in [1.54, 1.807) is 6.92 Å². The first-order valence-corrected chi connectivity index (χ1v) is 4.47. The number of nitrogens with zero attached hydrogens (tertiary/aromatic N) is 2. The Morgan fingerprint density at radius 3 is 2.41 bits per heavy atom. The van der Waals surface area contributed by atoms with Crippen LogP contribution < -0.4 is 5.32 Å². The number of hydrogen-bond donors (Lipinski definition) is 1. The lowest BCUT2D eigenvalue weighted by atomic mass is 10.3. The summed E-state index contributed by atoms with van der Waals surface area (Å²) >= 11 is 0. The van der Waals surface area contributed by atoms with Gasteiger partial charge in [0.1, 0.15) is 0 Å². The largest absolute Gasteiger partial charge is 0.463 e. The summed E-state index contributed by atoms with van der Waals surface area (Å²) in [6.45, 7) is 2.08. The van der Waals surface area contributed by atoms with Gasteiger partial charge in [0.15, 0.2) is 0 Å². The first kappa shape index (κ1) is 13.4. The lowest BCUT2D eigenvalue weighted by Crippen LogP contribution is -2.47. The van der Waals surface area contributed by atoms with Gasteiger partial charge in [-0.05, 0) is 6.92 Å². The van der Waals surface area contributed by atoms with Crippen molar-refractivity contribution in [2.75, 3.05) is 5.32 Å². The first-order chi connectivity index (χ1) is 7.68. The molecule has 0 saturated carbocycles. The predicted octanol–water partition coefficient (Wildman–Crippen LogP) is 2.04. The maximum absolute atomic E-state index is 12.5. The molecule has 17 heavy (non-hydrogen) atoms. The highest BCUT2D eigenvalue weighted by atomic mass is 19.4. The monoisotopic (exact) mass is 257 g/mol. The molecule has 1 amide bonds. The van der Waals surface area contributed by atoms with E-state index in [0.717, 1.165) is 12.4 Å². The quantitative estimate of drug-likeness (QED) is 0.842. The highest BCUT2D eigenvalue weighted by molar-refractivity contribution is 5.96. The molecule has 0 radical (unpaired) electrons. The zero-order chi connectivity index (χ0) is 13.3. The summed E-state index contributed by atoms with van der Waals surface area (Å²) in [6, 6.07) is 0. The fourth-order valence-electron chi connectivity index (χ4n) is 0.939. The van der Waals surface area contributed by atoms with Gasteiger partial charge in [-0.1, -0.05) is 0 Å². The predicted molar refractivity (Wildman–Crippen MR) is 47.5 cm³/mol. The number of rotatable bonds is 3. The van der Waals surface area contributed by atoms with Crippen molar-refractivity contribution in [1.29, 1.82) is 0 Å². The van der Waals surface area contributed by atoms with Gasteiger partial charge in [-0.15, -0.1) is 0 Å². The Bertz CT molecular complexity index is 412. The summed E-state index contributed by atoms with van der Waals surface area (Å²) in [5.74, 6) is -7.86. The molecule has 96 valence electrons. The van der Waals surface area contributed by atoms with Crippen LogP contribution in [0, 0.1) is 0 Å². The number of amides is 1. The molecule has 0 saturated heterocycles. The zero-order valence-electron chi connectivity index (χ0n) is 8.55. The van der Waals surface area contributed by atoms with E-state index in [0.29, 0.717) is 6.54 Å². The molecule has 1 rings (SSSR count). The molecule has 1 N–H and O–H groups in total. The first-order valence-electron chi connectivity index (χ1n) is 4.47. The number of anilines is 1. The lowest BCUT2D eigenvalue weighted by Gasteiger charge is -2.17. The summed E-state index contributed by atoms with van der Waals surface area (Å²) in [4.78, 5) is 10.8. The second-order valence-corrected chi connectivity index (χ2v) is 3.11. The molecular formula is C8H8F5N3O. The lowest BCUT2D eigenvalue weighted by molar-refractivity contribution is -0.267. The number of halogens is 5. The molecular weight excluding hydrogens is 249 g/mol. The number of aryl methyl sites for hydroxylation is 1. The number of nitrogens with one attached hydrogen (secondary N) is 1. The molecule has 1 aromatic heterocycles. The third-order valence-electron chi connectivity index (χ3n) is 1.86. The van der Waals surface area contributed by atoms with Gasteiger partial charge in [-0.25, -0.2) is 0 Å². The topological polar surface area (TPSA) is 46.9 Å². The fraction of sp³-hybridized carbons (Fsp3) is 0.500. The SMILES string of the molecule is CCn1cc(NC(=O)C(F)(F)C(F)(F)F)cn1. The Labute approximate surface area is 92.4 Å². The number of aromatic nitrogens is 2. The normalized spacial score (nSPS) is 12.6. The van der Waals surface area contributed by atoms with E-state index in [1.807, 2.05) is 0 Å². The molecule has 1 aromatic rings. The second-order valence-electron chi connectivity index (χ2n) is 3.11. The average molecular weight is 257 g/mol. The number of carbonyl (C=O) groups is 1. The number of carbonyl (C=O) groups excluding carboxylic acids is 1. The molecule has 0 aliphatic rings. The Kier molecular flexibility index (Phi) is 3.39. The van der Waals surface area contributed by atoms with Crippen LogP contribution in [0.4, 0.5) is 27.6 Å². The minimum atomic E-state index is -5.92. The maximum Gasteiger partial charge on any atom is 0.463 e. The molecule has 0 aliphatic heterocycles. The van der Waals surface area contributed by atoms with E-state index in [4.69, 9.17) is 0 Å². The Morgan fingerprint density at radius 1 is 1.41 bits per heavy atom. The van der Waals surface area contributed by atoms with Crippen molar-refractivity contribution in [2.24, 2.45) is 0 Å².